The molecular weight excluding hydrogens is 280 g/mol. The molecule has 0 bridgehead atoms. The largest absolute Gasteiger partial charge is 0.253 e. The Morgan fingerprint density at radius 3 is 2.92 bits per heavy atom. The van der Waals surface area contributed by atoms with Crippen LogP contribution in [-0.4, -0.2) is 4.98 Å². The van der Waals surface area contributed by atoms with Gasteiger partial charge in [-0.3, -0.25) is 4.98 Å². The van der Waals surface area contributed by atoms with E-state index >= 15 is 0 Å². The second kappa shape index (κ2) is 3.21. The van der Waals surface area contributed by atoms with Crippen molar-refractivity contribution in [3.63, 3.8) is 0 Å². The molecule has 0 saturated carbocycles. The number of aromatic nitrogens is 1. The quantitative estimate of drug-likeness (QED) is 0.678. The molecule has 3 heteroatoms. The Balaban J connectivity index is 2.94. The minimum Gasteiger partial charge on any atom is -0.253 e. The number of hydrogen-bond acceptors (Lipinski definition) is 1. The molecule has 0 aliphatic heterocycles. The lowest BCUT2D eigenvalue weighted by molar-refractivity contribution is 0.636. The molecule has 0 fully saturated rings. The number of hydrogen-bond donors (Lipinski definition) is 0. The van der Waals surface area contributed by atoms with E-state index in [0.29, 0.717) is 5.52 Å². The Kier molecular flexibility index (Phi) is 2.19. The molecule has 0 amide bonds. The minimum absolute atomic E-state index is 0.245. The number of nitrogens with zero attached hydrogens (tertiary/aromatic N) is 1. The highest BCUT2D eigenvalue weighted by molar-refractivity contribution is 14.1. The lowest BCUT2D eigenvalue weighted by atomic mass is 10.1. The van der Waals surface area contributed by atoms with E-state index in [9.17, 15) is 4.39 Å². The third-order valence-electron chi connectivity index (χ3n) is 1.98. The van der Waals surface area contributed by atoms with Gasteiger partial charge in [-0.1, -0.05) is 0 Å². The van der Waals surface area contributed by atoms with Crippen molar-refractivity contribution in [2.24, 2.45) is 0 Å². The molecule has 1 heterocycles. The van der Waals surface area contributed by atoms with Gasteiger partial charge in [0, 0.05) is 15.2 Å². The Bertz CT molecular complexity index is 468. The summed E-state index contributed by atoms with van der Waals surface area (Å²) in [5.74, 6) is -0.245. The van der Waals surface area contributed by atoms with Gasteiger partial charge in [-0.15, -0.1) is 0 Å². The summed E-state index contributed by atoms with van der Waals surface area (Å²) >= 11 is 2.10. The van der Waals surface area contributed by atoms with Crippen molar-refractivity contribution in [3.05, 3.63) is 39.3 Å². The van der Waals surface area contributed by atoms with E-state index in [2.05, 4.69) is 27.6 Å². The molecule has 0 unspecified atom stereocenters. The summed E-state index contributed by atoms with van der Waals surface area (Å²) in [5.41, 5.74) is 1.52. The first-order valence-electron chi connectivity index (χ1n) is 3.89. The van der Waals surface area contributed by atoms with Gasteiger partial charge in [0.1, 0.15) is 11.3 Å². The molecule has 1 nitrogen and oxygen atoms in total. The standard InChI is InChI=1S/C10H7FIN/c1-6-2-3-13-10-8(6)4-7(12)5-9(10)11/h2-5H,1H3. The number of benzene rings is 1. The summed E-state index contributed by atoms with van der Waals surface area (Å²) < 4.78 is 14.3. The highest BCUT2D eigenvalue weighted by Crippen LogP contribution is 2.21. The van der Waals surface area contributed by atoms with Crippen molar-refractivity contribution < 1.29 is 4.39 Å². The summed E-state index contributed by atoms with van der Waals surface area (Å²) in [6.07, 6.45) is 1.63. The molecule has 1 aromatic carbocycles. The van der Waals surface area contributed by atoms with Crippen LogP contribution in [0.25, 0.3) is 10.9 Å². The SMILES string of the molecule is Cc1ccnc2c(F)cc(I)cc12. The van der Waals surface area contributed by atoms with Gasteiger partial charge in [-0.25, -0.2) is 4.39 Å². The minimum atomic E-state index is -0.245. The van der Waals surface area contributed by atoms with Crippen LogP contribution in [0, 0.1) is 16.3 Å². The Morgan fingerprint density at radius 1 is 1.38 bits per heavy atom. The molecule has 0 saturated heterocycles. The zero-order valence-electron chi connectivity index (χ0n) is 7.01. The molecule has 0 aliphatic carbocycles. The first-order valence-corrected chi connectivity index (χ1v) is 4.97. The summed E-state index contributed by atoms with van der Waals surface area (Å²) in [6.45, 7) is 1.96. The monoisotopic (exact) mass is 287 g/mol. The first-order chi connectivity index (χ1) is 6.18. The van der Waals surface area contributed by atoms with Crippen LogP contribution in [-0.2, 0) is 0 Å². The fourth-order valence-corrected chi connectivity index (χ4v) is 1.90. The molecule has 0 spiro atoms. The Labute approximate surface area is 89.1 Å². The Morgan fingerprint density at radius 2 is 2.15 bits per heavy atom. The number of fused-ring (bicyclic) bond motifs is 1. The molecule has 0 atom stereocenters. The van der Waals surface area contributed by atoms with Gasteiger partial charge in [-0.2, -0.15) is 0 Å². The van der Waals surface area contributed by atoms with Crippen LogP contribution in [0.3, 0.4) is 0 Å². The smallest absolute Gasteiger partial charge is 0.150 e. The van der Waals surface area contributed by atoms with E-state index in [0.717, 1.165) is 14.5 Å². The van der Waals surface area contributed by atoms with Crippen LogP contribution < -0.4 is 0 Å². The molecule has 2 aromatic rings. The van der Waals surface area contributed by atoms with Crippen molar-refractivity contribution in [2.45, 2.75) is 6.92 Å². The molecule has 0 radical (unpaired) electrons. The predicted octanol–water partition coefficient (Wildman–Crippen LogP) is 3.29. The van der Waals surface area contributed by atoms with Crippen molar-refractivity contribution >= 4 is 33.5 Å². The topological polar surface area (TPSA) is 12.9 Å². The van der Waals surface area contributed by atoms with Crippen LogP contribution >= 0.6 is 22.6 Å². The van der Waals surface area contributed by atoms with Crippen LogP contribution in [0.1, 0.15) is 5.56 Å². The van der Waals surface area contributed by atoms with E-state index in [1.807, 2.05) is 19.1 Å². The van der Waals surface area contributed by atoms with Crippen LogP contribution in [0.4, 0.5) is 4.39 Å². The Hall–Kier alpha value is -0.710. The predicted molar refractivity (Wildman–Crippen MR) is 59.2 cm³/mol. The van der Waals surface area contributed by atoms with Crippen LogP contribution in [0.15, 0.2) is 24.4 Å². The summed E-state index contributed by atoms with van der Waals surface area (Å²) in [4.78, 5) is 4.00. The fraction of sp³-hybridized carbons (Fsp3) is 0.100. The molecule has 0 aliphatic rings. The lowest BCUT2D eigenvalue weighted by Crippen LogP contribution is -1.88. The van der Waals surface area contributed by atoms with E-state index in [1.165, 1.54) is 6.07 Å². The fourth-order valence-electron chi connectivity index (χ4n) is 1.31. The van der Waals surface area contributed by atoms with Gasteiger partial charge in [0.15, 0.2) is 0 Å². The maximum absolute atomic E-state index is 13.4. The van der Waals surface area contributed by atoms with Gasteiger partial charge in [0.2, 0.25) is 0 Å². The van der Waals surface area contributed by atoms with E-state index in [1.54, 1.807) is 6.20 Å². The van der Waals surface area contributed by atoms with Gasteiger partial charge >= 0.3 is 0 Å². The highest BCUT2D eigenvalue weighted by atomic mass is 127. The maximum Gasteiger partial charge on any atom is 0.150 e. The van der Waals surface area contributed by atoms with E-state index in [-0.39, 0.29) is 5.82 Å². The molecule has 66 valence electrons. The zero-order valence-corrected chi connectivity index (χ0v) is 9.17. The number of rotatable bonds is 0. The van der Waals surface area contributed by atoms with Crippen LogP contribution in [0.5, 0.6) is 0 Å². The first kappa shape index (κ1) is 8.87. The molecular formula is C10H7FIN. The highest BCUT2D eigenvalue weighted by Gasteiger charge is 2.04. The van der Waals surface area contributed by atoms with Gasteiger partial charge in [-0.05, 0) is 53.3 Å². The van der Waals surface area contributed by atoms with E-state index in [4.69, 9.17) is 0 Å². The van der Waals surface area contributed by atoms with Crippen molar-refractivity contribution in [1.29, 1.82) is 0 Å². The maximum atomic E-state index is 13.4. The number of halogens is 2. The number of aryl methyl sites for hydroxylation is 1. The van der Waals surface area contributed by atoms with Gasteiger partial charge < -0.3 is 0 Å². The summed E-state index contributed by atoms with van der Waals surface area (Å²) in [7, 11) is 0. The number of pyridine rings is 1. The summed E-state index contributed by atoms with van der Waals surface area (Å²) in [6, 6.07) is 5.33. The normalized spacial score (nSPS) is 10.7. The molecule has 0 N–H and O–H groups in total. The summed E-state index contributed by atoms with van der Waals surface area (Å²) in [5, 5.41) is 0.895. The second-order valence-electron chi connectivity index (χ2n) is 2.91. The second-order valence-corrected chi connectivity index (χ2v) is 4.16. The van der Waals surface area contributed by atoms with E-state index < -0.39 is 0 Å². The average molecular weight is 287 g/mol. The molecule has 13 heavy (non-hydrogen) atoms. The van der Waals surface area contributed by atoms with Crippen LogP contribution in [0.2, 0.25) is 0 Å². The van der Waals surface area contributed by atoms with Crippen molar-refractivity contribution in [3.8, 4) is 0 Å². The zero-order chi connectivity index (χ0) is 9.42. The lowest BCUT2D eigenvalue weighted by Gasteiger charge is -2.02. The molecule has 1 aromatic heterocycles. The average Bonchev–Trinajstić information content (AvgIpc) is 2.07. The third kappa shape index (κ3) is 1.52. The van der Waals surface area contributed by atoms with Gasteiger partial charge in [0.05, 0.1) is 0 Å². The molecule has 2 rings (SSSR count). The van der Waals surface area contributed by atoms with Crippen molar-refractivity contribution in [1.82, 2.24) is 4.98 Å². The van der Waals surface area contributed by atoms with Crippen molar-refractivity contribution in [2.75, 3.05) is 0 Å². The van der Waals surface area contributed by atoms with Gasteiger partial charge in [0.25, 0.3) is 0 Å². The third-order valence-corrected chi connectivity index (χ3v) is 2.60.